The highest BCUT2D eigenvalue weighted by molar-refractivity contribution is 7.80. The first kappa shape index (κ1) is 21.0. The Morgan fingerprint density at radius 1 is 0.900 bits per heavy atom. The van der Waals surface area contributed by atoms with Gasteiger partial charge in [0.1, 0.15) is 5.75 Å². The molecule has 0 aliphatic carbocycles. The predicted octanol–water partition coefficient (Wildman–Crippen LogP) is 3.53. The number of benzene rings is 3. The van der Waals surface area contributed by atoms with Crippen molar-refractivity contribution in [2.45, 2.75) is 6.42 Å². The van der Waals surface area contributed by atoms with E-state index in [2.05, 4.69) is 22.8 Å². The quantitative estimate of drug-likeness (QED) is 0.510. The van der Waals surface area contributed by atoms with Crippen LogP contribution in [0.3, 0.4) is 0 Å². The number of carbonyl (C=O) groups is 2. The second-order valence-corrected chi connectivity index (χ2v) is 6.83. The number of ether oxygens (including phenoxy) is 1. The van der Waals surface area contributed by atoms with E-state index in [0.29, 0.717) is 23.6 Å². The van der Waals surface area contributed by atoms with E-state index in [4.69, 9.17) is 22.7 Å². The SMILES string of the molecule is NC(=O)c1ccccc1NC(=S)NC(=O)c1ccc(OCCc2ccccc2)cc1. The van der Waals surface area contributed by atoms with E-state index in [1.54, 1.807) is 48.5 Å². The van der Waals surface area contributed by atoms with E-state index in [-0.39, 0.29) is 16.6 Å². The number of hydrogen-bond acceptors (Lipinski definition) is 4. The molecule has 6 nitrogen and oxygen atoms in total. The number of nitrogens with one attached hydrogen (secondary N) is 2. The fraction of sp³-hybridized carbons (Fsp3) is 0.0870. The van der Waals surface area contributed by atoms with Crippen molar-refractivity contribution in [2.75, 3.05) is 11.9 Å². The van der Waals surface area contributed by atoms with Crippen LogP contribution in [0.4, 0.5) is 5.69 Å². The minimum Gasteiger partial charge on any atom is -0.493 e. The first-order chi connectivity index (χ1) is 14.5. The summed E-state index contributed by atoms with van der Waals surface area (Å²) in [5.74, 6) is -0.284. The van der Waals surface area contributed by atoms with Crippen LogP contribution in [-0.2, 0) is 6.42 Å². The Bertz CT molecular complexity index is 1040. The lowest BCUT2D eigenvalue weighted by molar-refractivity contribution is 0.0975. The van der Waals surface area contributed by atoms with Crippen LogP contribution >= 0.6 is 12.2 Å². The number of anilines is 1. The molecule has 3 rings (SSSR count). The van der Waals surface area contributed by atoms with Crippen molar-refractivity contribution >= 4 is 34.8 Å². The molecule has 0 fully saturated rings. The minimum atomic E-state index is -0.588. The lowest BCUT2D eigenvalue weighted by Gasteiger charge is -2.12. The van der Waals surface area contributed by atoms with E-state index in [0.717, 1.165) is 6.42 Å². The summed E-state index contributed by atoms with van der Waals surface area (Å²) >= 11 is 5.17. The molecular formula is C23H21N3O3S. The predicted molar refractivity (Wildman–Crippen MR) is 121 cm³/mol. The maximum Gasteiger partial charge on any atom is 0.257 e. The Kier molecular flexibility index (Phi) is 7.13. The van der Waals surface area contributed by atoms with E-state index in [1.807, 2.05) is 18.2 Å². The molecule has 3 aromatic carbocycles. The average molecular weight is 420 g/mol. The topological polar surface area (TPSA) is 93.5 Å². The number of rotatable bonds is 7. The van der Waals surface area contributed by atoms with Gasteiger partial charge in [0.15, 0.2) is 5.11 Å². The molecule has 152 valence electrons. The van der Waals surface area contributed by atoms with Crippen molar-refractivity contribution in [3.8, 4) is 5.75 Å². The van der Waals surface area contributed by atoms with Crippen molar-refractivity contribution in [3.05, 3.63) is 95.6 Å². The number of para-hydroxylation sites is 1. The Balaban J connectivity index is 1.52. The first-order valence-corrected chi connectivity index (χ1v) is 9.72. The Hall–Kier alpha value is -3.71. The van der Waals surface area contributed by atoms with Gasteiger partial charge >= 0.3 is 0 Å². The normalized spacial score (nSPS) is 10.1. The maximum atomic E-state index is 12.4. The third-order valence-electron chi connectivity index (χ3n) is 4.29. The van der Waals surface area contributed by atoms with E-state index in [9.17, 15) is 9.59 Å². The van der Waals surface area contributed by atoms with Crippen molar-refractivity contribution in [1.29, 1.82) is 0 Å². The Morgan fingerprint density at radius 2 is 1.57 bits per heavy atom. The zero-order valence-corrected chi connectivity index (χ0v) is 16.9. The van der Waals surface area contributed by atoms with Gasteiger partial charge in [0.25, 0.3) is 11.8 Å². The molecule has 30 heavy (non-hydrogen) atoms. The maximum absolute atomic E-state index is 12.4. The molecule has 2 amide bonds. The summed E-state index contributed by atoms with van der Waals surface area (Å²) in [5.41, 5.74) is 7.68. The second-order valence-electron chi connectivity index (χ2n) is 6.43. The standard InChI is InChI=1S/C23H21N3O3S/c24-21(27)19-8-4-5-9-20(19)25-23(30)26-22(28)17-10-12-18(13-11-17)29-15-14-16-6-2-1-3-7-16/h1-13H,14-15H2,(H2,24,27)(H2,25,26,28,30). The zero-order valence-electron chi connectivity index (χ0n) is 16.1. The fourth-order valence-corrected chi connectivity index (χ4v) is 2.97. The average Bonchev–Trinajstić information content (AvgIpc) is 2.75. The molecule has 7 heteroatoms. The molecule has 0 saturated heterocycles. The van der Waals surface area contributed by atoms with Crippen LogP contribution in [0.25, 0.3) is 0 Å². The van der Waals surface area contributed by atoms with Crippen LogP contribution in [0.15, 0.2) is 78.9 Å². The van der Waals surface area contributed by atoms with Crippen molar-refractivity contribution in [1.82, 2.24) is 5.32 Å². The van der Waals surface area contributed by atoms with Crippen LogP contribution in [0.1, 0.15) is 26.3 Å². The summed E-state index contributed by atoms with van der Waals surface area (Å²) in [6, 6.07) is 23.5. The van der Waals surface area contributed by atoms with Crippen LogP contribution in [-0.4, -0.2) is 23.5 Å². The highest BCUT2D eigenvalue weighted by Gasteiger charge is 2.11. The summed E-state index contributed by atoms with van der Waals surface area (Å²) in [6.45, 7) is 0.544. The van der Waals surface area contributed by atoms with Gasteiger partial charge in [-0.25, -0.2) is 0 Å². The van der Waals surface area contributed by atoms with Crippen molar-refractivity contribution in [3.63, 3.8) is 0 Å². The molecular weight excluding hydrogens is 398 g/mol. The summed E-state index contributed by atoms with van der Waals surface area (Å²) in [4.78, 5) is 23.9. The summed E-state index contributed by atoms with van der Waals surface area (Å²) in [6.07, 6.45) is 0.801. The molecule has 0 aliphatic heterocycles. The van der Waals surface area contributed by atoms with E-state index < -0.39 is 5.91 Å². The highest BCUT2D eigenvalue weighted by atomic mass is 32.1. The number of carbonyl (C=O) groups excluding carboxylic acids is 2. The van der Waals surface area contributed by atoms with Gasteiger partial charge in [-0.15, -0.1) is 0 Å². The summed E-state index contributed by atoms with van der Waals surface area (Å²) in [5, 5.41) is 5.47. The van der Waals surface area contributed by atoms with Gasteiger partial charge < -0.3 is 15.8 Å². The third kappa shape index (κ3) is 5.89. The molecule has 0 radical (unpaired) electrons. The second kappa shape index (κ2) is 10.2. The van der Waals surface area contributed by atoms with Crippen molar-refractivity contribution in [2.24, 2.45) is 5.73 Å². The molecule has 0 aromatic heterocycles. The molecule has 0 spiro atoms. The third-order valence-corrected chi connectivity index (χ3v) is 4.49. The van der Waals surface area contributed by atoms with Gasteiger partial charge in [-0.1, -0.05) is 42.5 Å². The van der Waals surface area contributed by atoms with Gasteiger partial charge in [0, 0.05) is 12.0 Å². The van der Waals surface area contributed by atoms with Gasteiger partial charge in [-0.2, -0.15) is 0 Å². The number of amides is 2. The monoisotopic (exact) mass is 419 g/mol. The molecule has 0 atom stereocenters. The lowest BCUT2D eigenvalue weighted by Crippen LogP contribution is -2.34. The van der Waals surface area contributed by atoms with Crippen LogP contribution in [0.2, 0.25) is 0 Å². The molecule has 4 N–H and O–H groups in total. The lowest BCUT2D eigenvalue weighted by atomic mass is 10.1. The van der Waals surface area contributed by atoms with Gasteiger partial charge in [-0.05, 0) is 54.2 Å². The van der Waals surface area contributed by atoms with Gasteiger partial charge in [-0.3, -0.25) is 14.9 Å². The van der Waals surface area contributed by atoms with Crippen LogP contribution in [0.5, 0.6) is 5.75 Å². The smallest absolute Gasteiger partial charge is 0.257 e. The van der Waals surface area contributed by atoms with Crippen LogP contribution in [0, 0.1) is 0 Å². The molecule has 0 unspecified atom stereocenters. The molecule has 3 aromatic rings. The summed E-state index contributed by atoms with van der Waals surface area (Å²) < 4.78 is 5.73. The first-order valence-electron chi connectivity index (χ1n) is 9.31. The van der Waals surface area contributed by atoms with E-state index in [1.165, 1.54) is 5.56 Å². The number of thiocarbonyl (C=S) groups is 1. The van der Waals surface area contributed by atoms with Gasteiger partial charge in [0.05, 0.1) is 17.9 Å². The largest absolute Gasteiger partial charge is 0.493 e. The van der Waals surface area contributed by atoms with Crippen LogP contribution < -0.4 is 21.1 Å². The highest BCUT2D eigenvalue weighted by Crippen LogP contribution is 2.15. The summed E-state index contributed by atoms with van der Waals surface area (Å²) in [7, 11) is 0. The Morgan fingerprint density at radius 3 is 2.27 bits per heavy atom. The number of nitrogens with two attached hydrogens (primary N) is 1. The minimum absolute atomic E-state index is 0.0666. The van der Waals surface area contributed by atoms with E-state index >= 15 is 0 Å². The Labute approximate surface area is 180 Å². The molecule has 0 aliphatic rings. The molecule has 0 bridgehead atoms. The van der Waals surface area contributed by atoms with Gasteiger partial charge in [0.2, 0.25) is 0 Å². The number of primary amides is 1. The zero-order chi connectivity index (χ0) is 21.3. The number of hydrogen-bond donors (Lipinski definition) is 3. The molecule has 0 heterocycles. The molecule has 0 saturated carbocycles. The van der Waals surface area contributed by atoms with Crippen molar-refractivity contribution < 1.29 is 14.3 Å². The fourth-order valence-electron chi connectivity index (χ4n) is 2.77.